The predicted octanol–water partition coefficient (Wildman–Crippen LogP) is 1.81. The lowest BCUT2D eigenvalue weighted by molar-refractivity contribution is -0.402. The van der Waals surface area contributed by atoms with Crippen LogP contribution in [0.1, 0.15) is 5.76 Å². The summed E-state index contributed by atoms with van der Waals surface area (Å²) in [6.07, 6.45) is -0.992. The maximum atomic E-state index is 14.9. The summed E-state index contributed by atoms with van der Waals surface area (Å²) >= 11 is 4.75. The lowest BCUT2D eigenvalue weighted by Gasteiger charge is -2.36. The molecular weight excluding hydrogens is 455 g/mol. The number of carbonyl (C=O) groups excluding carboxylic acids is 1. The topological polar surface area (TPSA) is 130 Å². The summed E-state index contributed by atoms with van der Waals surface area (Å²) in [5.74, 6) is -0.191. The second-order valence-electron chi connectivity index (χ2n) is 7.76. The summed E-state index contributed by atoms with van der Waals surface area (Å²) in [5, 5.41) is 13.6. The Balaban J connectivity index is 1.33. The number of benzene rings is 1. The lowest BCUT2D eigenvalue weighted by Crippen LogP contribution is -2.46. The molecule has 4 rings (SSSR count). The predicted molar refractivity (Wildman–Crippen MR) is 122 cm³/mol. The van der Waals surface area contributed by atoms with Gasteiger partial charge in [0, 0.05) is 26.2 Å². The van der Waals surface area contributed by atoms with Crippen LogP contribution >= 0.6 is 12.2 Å². The largest absolute Gasteiger partial charge is 0.442 e. The van der Waals surface area contributed by atoms with Crippen molar-refractivity contribution in [2.45, 2.75) is 12.6 Å². The third-order valence-electron chi connectivity index (χ3n) is 5.54. The van der Waals surface area contributed by atoms with Crippen LogP contribution in [0.3, 0.4) is 0 Å². The van der Waals surface area contributed by atoms with Gasteiger partial charge in [0.25, 0.3) is 0 Å². The second-order valence-corrected chi connectivity index (χ2v) is 8.20. The van der Waals surface area contributed by atoms with Crippen molar-refractivity contribution < 1.29 is 23.3 Å². The number of anilines is 2. The average Bonchev–Trinajstić information content (AvgIpc) is 3.39. The van der Waals surface area contributed by atoms with Crippen LogP contribution < -0.4 is 20.9 Å². The van der Waals surface area contributed by atoms with Gasteiger partial charge in [-0.1, -0.05) is 0 Å². The van der Waals surface area contributed by atoms with E-state index in [1.165, 1.54) is 17.0 Å². The minimum absolute atomic E-state index is 0.116. The van der Waals surface area contributed by atoms with E-state index in [1.54, 1.807) is 18.2 Å². The number of cyclic esters (lactones) is 1. The fourth-order valence-electron chi connectivity index (χ4n) is 3.89. The Morgan fingerprint density at radius 2 is 2.03 bits per heavy atom. The number of hydrogen-bond donors (Lipinski definition) is 2. The van der Waals surface area contributed by atoms with Crippen LogP contribution in [0, 0.1) is 15.9 Å². The van der Waals surface area contributed by atoms with E-state index in [0.717, 1.165) is 0 Å². The number of ether oxygens (including phenoxy) is 1. The molecule has 1 amide bonds. The highest BCUT2D eigenvalue weighted by molar-refractivity contribution is 7.80. The Labute approximate surface area is 194 Å². The van der Waals surface area contributed by atoms with E-state index < -0.39 is 22.9 Å². The molecule has 176 valence electrons. The van der Waals surface area contributed by atoms with Gasteiger partial charge in [0.1, 0.15) is 22.6 Å². The van der Waals surface area contributed by atoms with Crippen molar-refractivity contribution >= 4 is 40.7 Å². The van der Waals surface area contributed by atoms with Gasteiger partial charge in [-0.05, 0) is 36.5 Å². The molecule has 0 unspecified atom stereocenters. The lowest BCUT2D eigenvalue weighted by atomic mass is 10.2. The van der Waals surface area contributed by atoms with Crippen molar-refractivity contribution in [3.63, 3.8) is 0 Å². The molecule has 0 aliphatic carbocycles. The highest BCUT2D eigenvalue weighted by atomic mass is 32.1. The number of nitro groups is 1. The van der Waals surface area contributed by atoms with Crippen molar-refractivity contribution in [3.05, 3.63) is 52.0 Å². The Bertz CT molecular complexity index is 1060. The molecule has 1 aromatic heterocycles. The number of halogens is 1. The number of hydrogen-bond acceptors (Lipinski definition) is 8. The number of thiocarbonyl (C=S) groups is 1. The van der Waals surface area contributed by atoms with Crippen molar-refractivity contribution in [1.82, 2.24) is 10.2 Å². The molecule has 13 heteroatoms. The van der Waals surface area contributed by atoms with Gasteiger partial charge in [-0.2, -0.15) is 0 Å². The van der Waals surface area contributed by atoms with E-state index in [0.29, 0.717) is 49.9 Å². The molecule has 2 saturated heterocycles. The van der Waals surface area contributed by atoms with Crippen molar-refractivity contribution in [3.8, 4) is 0 Å². The minimum atomic E-state index is -0.567. The maximum absolute atomic E-state index is 14.9. The molecule has 0 radical (unpaired) electrons. The zero-order chi connectivity index (χ0) is 23.5. The van der Waals surface area contributed by atoms with Gasteiger partial charge in [0.05, 0.1) is 37.1 Å². The minimum Gasteiger partial charge on any atom is -0.442 e. The molecule has 1 aromatic carbocycles. The third kappa shape index (κ3) is 5.31. The van der Waals surface area contributed by atoms with Crippen LogP contribution in [0.15, 0.2) is 34.7 Å². The number of rotatable bonds is 7. The first-order valence-electron chi connectivity index (χ1n) is 10.3. The number of amides is 1. The van der Waals surface area contributed by atoms with Gasteiger partial charge in [-0.3, -0.25) is 19.9 Å². The highest BCUT2D eigenvalue weighted by Crippen LogP contribution is 2.29. The van der Waals surface area contributed by atoms with Gasteiger partial charge >= 0.3 is 12.0 Å². The van der Waals surface area contributed by atoms with E-state index >= 15 is 0 Å². The van der Waals surface area contributed by atoms with Crippen LogP contribution in [0.4, 0.5) is 26.4 Å². The SMILES string of the molecule is NC(=S)NC[C@H]1CN(c2ccc(N3CCN(Cc4ccc([N+](=O)[O-])o4)CC3)c(F)c2)C(=O)O1. The van der Waals surface area contributed by atoms with Crippen LogP contribution in [-0.4, -0.2) is 66.4 Å². The Hall–Kier alpha value is -3.45. The molecule has 0 spiro atoms. The number of nitrogens with two attached hydrogens (primary N) is 1. The second kappa shape index (κ2) is 9.58. The first-order valence-corrected chi connectivity index (χ1v) is 10.7. The Morgan fingerprint density at radius 3 is 2.67 bits per heavy atom. The molecule has 0 saturated carbocycles. The zero-order valence-electron chi connectivity index (χ0n) is 17.6. The molecule has 2 aliphatic rings. The van der Waals surface area contributed by atoms with Gasteiger partial charge in [0.2, 0.25) is 0 Å². The summed E-state index contributed by atoms with van der Waals surface area (Å²) < 4.78 is 25.4. The quantitative estimate of drug-likeness (QED) is 0.345. The van der Waals surface area contributed by atoms with E-state index in [-0.39, 0.29) is 24.1 Å². The first-order chi connectivity index (χ1) is 15.8. The molecule has 2 aliphatic heterocycles. The van der Waals surface area contributed by atoms with E-state index in [1.807, 2.05) is 4.90 Å². The van der Waals surface area contributed by atoms with Crippen molar-refractivity contribution in [2.24, 2.45) is 5.73 Å². The molecule has 3 heterocycles. The number of nitrogens with zero attached hydrogens (tertiary/aromatic N) is 4. The van der Waals surface area contributed by atoms with Gasteiger partial charge < -0.3 is 25.1 Å². The summed E-state index contributed by atoms with van der Waals surface area (Å²) in [6.45, 7) is 3.45. The summed E-state index contributed by atoms with van der Waals surface area (Å²) in [7, 11) is 0. The van der Waals surface area contributed by atoms with Gasteiger partial charge in [0.15, 0.2) is 5.11 Å². The fraction of sp³-hybridized carbons (Fsp3) is 0.400. The van der Waals surface area contributed by atoms with Crippen LogP contribution in [0.2, 0.25) is 0 Å². The molecule has 1 atom stereocenters. The van der Waals surface area contributed by atoms with Crippen LogP contribution in [0.25, 0.3) is 0 Å². The average molecular weight is 479 g/mol. The Kier molecular flexibility index (Phi) is 6.60. The van der Waals surface area contributed by atoms with Crippen LogP contribution in [-0.2, 0) is 11.3 Å². The van der Waals surface area contributed by atoms with Gasteiger partial charge in [-0.25, -0.2) is 9.18 Å². The molecule has 2 fully saturated rings. The first kappa shape index (κ1) is 22.7. The molecular formula is C20H23FN6O5S. The van der Waals surface area contributed by atoms with E-state index in [2.05, 4.69) is 10.2 Å². The molecule has 2 aromatic rings. The summed E-state index contributed by atoms with van der Waals surface area (Å²) in [4.78, 5) is 27.8. The Morgan fingerprint density at radius 1 is 1.27 bits per heavy atom. The van der Waals surface area contributed by atoms with Crippen molar-refractivity contribution in [1.29, 1.82) is 0 Å². The molecule has 11 nitrogen and oxygen atoms in total. The molecule has 0 bridgehead atoms. The van der Waals surface area contributed by atoms with E-state index in [4.69, 9.17) is 27.1 Å². The van der Waals surface area contributed by atoms with Crippen LogP contribution in [0.5, 0.6) is 0 Å². The van der Waals surface area contributed by atoms with Gasteiger partial charge in [-0.15, -0.1) is 0 Å². The maximum Gasteiger partial charge on any atom is 0.433 e. The number of furan rings is 1. The monoisotopic (exact) mass is 478 g/mol. The highest BCUT2D eigenvalue weighted by Gasteiger charge is 2.33. The molecule has 3 N–H and O–H groups in total. The zero-order valence-corrected chi connectivity index (χ0v) is 18.4. The van der Waals surface area contributed by atoms with E-state index in [9.17, 15) is 19.3 Å². The standard InChI is InChI=1S/C20H23FN6O5S/c21-16-9-13(26-12-15(32-20(26)28)10-23-19(22)33)1-3-17(16)25-7-5-24(6-8-25)11-14-2-4-18(31-14)27(29)30/h1-4,9,15H,5-8,10-12H2,(H3,22,23,33)/t15-/m0/s1. The molecule has 33 heavy (non-hydrogen) atoms. The van der Waals surface area contributed by atoms with Crippen molar-refractivity contribution in [2.75, 3.05) is 49.1 Å². The third-order valence-corrected chi connectivity index (χ3v) is 5.69. The number of piperazine rings is 1. The summed E-state index contributed by atoms with van der Waals surface area (Å²) in [6, 6.07) is 7.61. The number of carbonyl (C=O) groups is 1. The smallest absolute Gasteiger partial charge is 0.433 e. The number of nitrogens with one attached hydrogen (secondary N) is 1. The fourth-order valence-corrected chi connectivity index (χ4v) is 3.97. The summed E-state index contributed by atoms with van der Waals surface area (Å²) in [5.41, 5.74) is 6.26. The normalized spacial score (nSPS) is 18.9.